The largest absolute Gasteiger partial charge is 0.397 e. The van der Waals surface area contributed by atoms with Crippen molar-refractivity contribution in [2.45, 2.75) is 38.3 Å². The predicted molar refractivity (Wildman–Crippen MR) is 122 cm³/mol. The molecule has 1 aliphatic carbocycles. The summed E-state index contributed by atoms with van der Waals surface area (Å²) >= 11 is 0. The summed E-state index contributed by atoms with van der Waals surface area (Å²) in [5, 5.41) is 13.0. The minimum Gasteiger partial charge on any atom is -0.397 e. The molecule has 1 saturated carbocycles. The van der Waals surface area contributed by atoms with Crippen LogP contribution in [0, 0.1) is 5.41 Å². The Morgan fingerprint density at radius 2 is 2.23 bits per heavy atom. The zero-order valence-electron chi connectivity index (χ0n) is 17.7. The van der Waals surface area contributed by atoms with Crippen LogP contribution < -0.4 is 10.6 Å². The van der Waals surface area contributed by atoms with Crippen LogP contribution in [0.25, 0.3) is 27.7 Å². The van der Waals surface area contributed by atoms with Crippen molar-refractivity contribution in [2.24, 2.45) is 5.73 Å². The van der Waals surface area contributed by atoms with Crippen LogP contribution in [-0.4, -0.2) is 51.8 Å². The summed E-state index contributed by atoms with van der Waals surface area (Å²) in [5.74, 6) is 0.881. The van der Waals surface area contributed by atoms with E-state index in [1.165, 1.54) is 25.5 Å². The summed E-state index contributed by atoms with van der Waals surface area (Å²) in [4.78, 5) is 11.8. The van der Waals surface area contributed by atoms with Gasteiger partial charge in [0, 0.05) is 36.1 Å². The minimum atomic E-state index is 0.221. The topological polar surface area (TPSA) is 106 Å². The molecule has 160 valence electrons. The van der Waals surface area contributed by atoms with Gasteiger partial charge in [0.25, 0.3) is 0 Å². The van der Waals surface area contributed by atoms with Crippen molar-refractivity contribution >= 4 is 28.6 Å². The van der Waals surface area contributed by atoms with Gasteiger partial charge in [-0.25, -0.2) is 4.98 Å². The summed E-state index contributed by atoms with van der Waals surface area (Å²) in [7, 11) is 0. The Hall–Kier alpha value is -3.26. The first kappa shape index (κ1) is 19.7. The van der Waals surface area contributed by atoms with E-state index in [0.717, 1.165) is 34.4 Å². The van der Waals surface area contributed by atoms with Gasteiger partial charge in [0.15, 0.2) is 0 Å². The van der Waals surface area contributed by atoms with Crippen molar-refractivity contribution < 1.29 is 4.74 Å². The first-order chi connectivity index (χ1) is 15.2. The predicted octanol–water partition coefficient (Wildman–Crippen LogP) is 3.39. The Labute approximate surface area is 181 Å². The molecule has 8 heteroatoms. The second-order valence-electron chi connectivity index (χ2n) is 8.28. The van der Waals surface area contributed by atoms with E-state index in [4.69, 9.17) is 20.9 Å². The molecule has 0 amide bonds. The maximum Gasteiger partial charge on any atom is 0.130 e. The fourth-order valence-electron chi connectivity index (χ4n) is 4.30. The Bertz CT molecular complexity index is 1150. The van der Waals surface area contributed by atoms with Crippen LogP contribution in [0.1, 0.15) is 37.9 Å². The molecule has 8 nitrogen and oxygen atoms in total. The van der Waals surface area contributed by atoms with Crippen LogP contribution in [0.3, 0.4) is 0 Å². The van der Waals surface area contributed by atoms with E-state index in [2.05, 4.69) is 38.9 Å². The number of hydrogen-bond donors (Lipinski definition) is 2. The van der Waals surface area contributed by atoms with E-state index in [1.54, 1.807) is 12.3 Å². The number of pyridine rings is 2. The summed E-state index contributed by atoms with van der Waals surface area (Å²) in [5.41, 5.74) is 10.1. The first-order valence-electron chi connectivity index (χ1n) is 10.8. The Balaban J connectivity index is 1.70. The molecule has 1 saturated heterocycles. The molecular formula is C23H27N7O. The van der Waals surface area contributed by atoms with Gasteiger partial charge in [-0.2, -0.15) is 5.10 Å². The van der Waals surface area contributed by atoms with Crippen molar-refractivity contribution in [3.63, 3.8) is 0 Å². The number of aromatic nitrogens is 4. The SMILES string of the molecule is C[C@@H]1COCCN1c1cc(-c2cnn(C3CCC3)c2)c2ccnc(/C(N)=C/C=N)c2n1. The number of ether oxygens (including phenoxy) is 1. The second kappa shape index (κ2) is 8.11. The van der Waals surface area contributed by atoms with Crippen LogP contribution in [-0.2, 0) is 4.74 Å². The molecule has 31 heavy (non-hydrogen) atoms. The molecule has 0 radical (unpaired) electrons. The molecule has 0 unspecified atom stereocenters. The lowest BCUT2D eigenvalue weighted by molar-refractivity contribution is 0.0986. The lowest BCUT2D eigenvalue weighted by Gasteiger charge is -2.34. The zero-order valence-corrected chi connectivity index (χ0v) is 17.7. The third-order valence-electron chi connectivity index (χ3n) is 6.27. The molecule has 1 atom stereocenters. The molecule has 1 aliphatic heterocycles. The highest BCUT2D eigenvalue weighted by Crippen LogP contribution is 2.36. The van der Waals surface area contributed by atoms with Crippen molar-refractivity contribution in [3.8, 4) is 11.1 Å². The lowest BCUT2D eigenvalue weighted by atomic mass is 9.93. The number of rotatable bonds is 5. The summed E-state index contributed by atoms with van der Waals surface area (Å²) in [6.07, 6.45) is 12.2. The first-order valence-corrected chi connectivity index (χ1v) is 10.8. The van der Waals surface area contributed by atoms with E-state index < -0.39 is 0 Å². The number of nitrogens with one attached hydrogen (secondary N) is 1. The van der Waals surface area contributed by atoms with E-state index in [1.807, 2.05) is 12.3 Å². The molecule has 3 N–H and O–H groups in total. The average Bonchev–Trinajstić information content (AvgIpc) is 3.21. The zero-order chi connectivity index (χ0) is 21.4. The standard InChI is InChI=1S/C23H27N7O/c1-15-14-31-10-9-29(15)21-11-19(16-12-27-30(13-16)17-3-2-4-17)18-6-8-26-23(22(18)28-21)20(25)5-7-24/h5-8,11-13,15,17,24H,2-4,9-10,14,25H2,1H3/b20-5-,24-7?/t15-/m1/s1. The fraction of sp³-hybridized carbons (Fsp3) is 0.391. The fourth-order valence-corrected chi connectivity index (χ4v) is 4.30. The molecular weight excluding hydrogens is 390 g/mol. The minimum absolute atomic E-state index is 0.221. The molecule has 5 rings (SSSR count). The van der Waals surface area contributed by atoms with Gasteiger partial charge in [-0.05, 0) is 50.0 Å². The van der Waals surface area contributed by atoms with E-state index in [9.17, 15) is 0 Å². The lowest BCUT2D eigenvalue weighted by Crippen LogP contribution is -2.44. The molecule has 4 heterocycles. The quantitative estimate of drug-likeness (QED) is 0.617. The third kappa shape index (κ3) is 3.57. The van der Waals surface area contributed by atoms with Crippen LogP contribution in [0.5, 0.6) is 0 Å². The normalized spacial score (nSPS) is 20.1. The maximum atomic E-state index is 7.40. The van der Waals surface area contributed by atoms with Crippen molar-refractivity contribution in [1.82, 2.24) is 19.7 Å². The summed E-state index contributed by atoms with van der Waals surface area (Å²) in [6, 6.07) is 4.85. The Morgan fingerprint density at radius 1 is 1.35 bits per heavy atom. The van der Waals surface area contributed by atoms with Crippen LogP contribution in [0.2, 0.25) is 0 Å². The number of anilines is 1. The van der Waals surface area contributed by atoms with Crippen LogP contribution in [0.4, 0.5) is 5.82 Å². The third-order valence-corrected chi connectivity index (χ3v) is 6.27. The molecule has 2 fully saturated rings. The second-order valence-corrected chi connectivity index (χ2v) is 8.28. The van der Waals surface area contributed by atoms with Gasteiger partial charge < -0.3 is 20.8 Å². The maximum absolute atomic E-state index is 7.40. The Morgan fingerprint density at radius 3 is 2.97 bits per heavy atom. The van der Waals surface area contributed by atoms with Crippen molar-refractivity contribution in [3.05, 3.63) is 42.5 Å². The monoisotopic (exact) mass is 417 g/mol. The highest BCUT2D eigenvalue weighted by Gasteiger charge is 2.24. The van der Waals surface area contributed by atoms with Crippen LogP contribution in [0.15, 0.2) is 36.8 Å². The summed E-state index contributed by atoms with van der Waals surface area (Å²) < 4.78 is 7.72. The number of fused-ring (bicyclic) bond motifs is 1. The molecule has 0 bridgehead atoms. The van der Waals surface area contributed by atoms with Crippen molar-refractivity contribution in [1.29, 1.82) is 5.41 Å². The number of allylic oxidation sites excluding steroid dienone is 1. The number of hydrogen-bond acceptors (Lipinski definition) is 7. The van der Waals surface area contributed by atoms with Gasteiger partial charge in [-0.15, -0.1) is 0 Å². The highest BCUT2D eigenvalue weighted by molar-refractivity contribution is 6.01. The van der Waals surface area contributed by atoms with Crippen molar-refractivity contribution in [2.75, 3.05) is 24.7 Å². The number of nitrogens with zero attached hydrogens (tertiary/aromatic N) is 5. The van der Waals surface area contributed by atoms with Gasteiger partial charge in [0.05, 0.1) is 37.2 Å². The van der Waals surface area contributed by atoms with Gasteiger partial charge in [-0.3, -0.25) is 9.67 Å². The van der Waals surface area contributed by atoms with Crippen LogP contribution >= 0.6 is 0 Å². The average molecular weight is 418 g/mol. The Kier molecular flexibility index (Phi) is 5.15. The number of nitrogens with two attached hydrogens (primary N) is 1. The smallest absolute Gasteiger partial charge is 0.130 e. The van der Waals surface area contributed by atoms with Gasteiger partial charge in [-0.1, -0.05) is 0 Å². The van der Waals surface area contributed by atoms with E-state index in [-0.39, 0.29) is 6.04 Å². The van der Waals surface area contributed by atoms with Gasteiger partial charge in [0.1, 0.15) is 17.0 Å². The molecule has 0 spiro atoms. The van der Waals surface area contributed by atoms with E-state index in [0.29, 0.717) is 30.6 Å². The summed E-state index contributed by atoms with van der Waals surface area (Å²) in [6.45, 7) is 4.27. The van der Waals surface area contributed by atoms with Gasteiger partial charge >= 0.3 is 0 Å². The van der Waals surface area contributed by atoms with E-state index >= 15 is 0 Å². The van der Waals surface area contributed by atoms with Gasteiger partial charge in [0.2, 0.25) is 0 Å². The molecule has 3 aromatic heterocycles. The molecule has 3 aromatic rings. The highest BCUT2D eigenvalue weighted by atomic mass is 16.5. The molecule has 2 aliphatic rings. The number of morpholine rings is 1. The molecule has 0 aromatic carbocycles.